The average Bonchev–Trinajstić information content (AvgIpc) is 3.07. The van der Waals surface area contributed by atoms with Crippen molar-refractivity contribution in [2.24, 2.45) is 0 Å². The van der Waals surface area contributed by atoms with Crippen LogP contribution in [0.2, 0.25) is 0 Å². The molecule has 0 aliphatic rings. The van der Waals surface area contributed by atoms with E-state index in [1.165, 1.54) is 35.2 Å². The summed E-state index contributed by atoms with van der Waals surface area (Å²) in [6, 6.07) is 14.1. The van der Waals surface area contributed by atoms with Crippen LogP contribution >= 0.6 is 23.1 Å². The van der Waals surface area contributed by atoms with Crippen LogP contribution in [0.25, 0.3) is 21.1 Å². The summed E-state index contributed by atoms with van der Waals surface area (Å²) in [7, 11) is 0. The molecular formula is C18H12N4O3S2. The Labute approximate surface area is 161 Å². The van der Waals surface area contributed by atoms with Crippen molar-refractivity contribution in [2.75, 3.05) is 11.1 Å². The smallest absolute Gasteiger partial charge is 0.270 e. The minimum atomic E-state index is -0.452. The Morgan fingerprint density at radius 2 is 2.07 bits per heavy atom. The molecule has 0 aliphatic heterocycles. The molecule has 0 fully saturated rings. The molecule has 0 bridgehead atoms. The number of hydrogen-bond donors (Lipinski definition) is 1. The van der Waals surface area contributed by atoms with Gasteiger partial charge in [0.2, 0.25) is 5.91 Å². The Bertz CT molecular complexity index is 1170. The van der Waals surface area contributed by atoms with Crippen LogP contribution in [0.5, 0.6) is 0 Å². The number of nitrogens with zero attached hydrogens (tertiary/aromatic N) is 3. The van der Waals surface area contributed by atoms with Gasteiger partial charge in [-0.2, -0.15) is 0 Å². The maximum absolute atomic E-state index is 12.3. The van der Waals surface area contributed by atoms with Gasteiger partial charge in [-0.15, -0.1) is 11.8 Å². The molecule has 0 unspecified atom stereocenters. The molecule has 4 aromatic rings. The summed E-state index contributed by atoms with van der Waals surface area (Å²) < 4.78 is 0.658. The highest BCUT2D eigenvalue weighted by atomic mass is 32.2. The number of rotatable bonds is 5. The molecule has 2 heterocycles. The quantitative estimate of drug-likeness (QED) is 0.303. The molecule has 0 atom stereocenters. The van der Waals surface area contributed by atoms with Crippen LogP contribution in [0.4, 0.5) is 10.8 Å². The number of non-ortho nitro benzene ring substituents is 1. The molecule has 27 heavy (non-hydrogen) atoms. The van der Waals surface area contributed by atoms with Gasteiger partial charge in [0.25, 0.3) is 5.69 Å². The molecule has 2 aromatic heterocycles. The van der Waals surface area contributed by atoms with E-state index in [1.54, 1.807) is 12.3 Å². The van der Waals surface area contributed by atoms with Gasteiger partial charge in [0.1, 0.15) is 0 Å². The number of nitro benzene ring substituents is 1. The SMILES string of the molecule is O=C(CSc1cccc2cccnc12)Nc1nc2ccc([N+](=O)[O-])cc2s1. The van der Waals surface area contributed by atoms with Crippen molar-refractivity contribution in [3.05, 3.63) is 64.8 Å². The van der Waals surface area contributed by atoms with E-state index in [1.807, 2.05) is 30.3 Å². The number of carbonyl (C=O) groups is 1. The molecule has 1 amide bonds. The summed E-state index contributed by atoms with van der Waals surface area (Å²) in [5.74, 6) is 0.0210. The standard InChI is InChI=1S/C18H12N4O3S2/c23-16(10-26-14-5-1-3-11-4-2-8-19-17(11)14)21-18-20-13-7-6-12(22(24)25)9-15(13)27-18/h1-9H,10H2,(H,20,21,23). The van der Waals surface area contributed by atoms with Gasteiger partial charge in [-0.25, -0.2) is 4.98 Å². The minimum Gasteiger partial charge on any atom is -0.301 e. The number of fused-ring (bicyclic) bond motifs is 2. The first-order valence-electron chi connectivity index (χ1n) is 7.91. The van der Waals surface area contributed by atoms with Gasteiger partial charge in [0.05, 0.1) is 26.4 Å². The van der Waals surface area contributed by atoms with E-state index in [4.69, 9.17) is 0 Å². The lowest BCUT2D eigenvalue weighted by Gasteiger charge is -2.05. The molecule has 0 saturated carbocycles. The molecule has 134 valence electrons. The van der Waals surface area contributed by atoms with E-state index in [-0.39, 0.29) is 17.3 Å². The first-order valence-corrected chi connectivity index (χ1v) is 9.72. The van der Waals surface area contributed by atoms with E-state index in [0.29, 0.717) is 15.3 Å². The molecule has 1 N–H and O–H groups in total. The van der Waals surface area contributed by atoms with Crippen molar-refractivity contribution in [3.8, 4) is 0 Å². The van der Waals surface area contributed by atoms with Crippen molar-refractivity contribution in [1.82, 2.24) is 9.97 Å². The zero-order chi connectivity index (χ0) is 18.8. The third-order valence-corrected chi connectivity index (χ3v) is 5.76. The Morgan fingerprint density at radius 3 is 2.93 bits per heavy atom. The Hall–Kier alpha value is -3.04. The van der Waals surface area contributed by atoms with Gasteiger partial charge in [0.15, 0.2) is 5.13 Å². The summed E-state index contributed by atoms with van der Waals surface area (Å²) in [5, 5.41) is 15.1. The maximum Gasteiger partial charge on any atom is 0.270 e. The highest BCUT2D eigenvalue weighted by molar-refractivity contribution is 8.00. The molecule has 0 radical (unpaired) electrons. The van der Waals surface area contributed by atoms with E-state index >= 15 is 0 Å². The first kappa shape index (κ1) is 17.4. The third-order valence-electron chi connectivity index (χ3n) is 3.78. The fourth-order valence-corrected chi connectivity index (χ4v) is 4.33. The fourth-order valence-electron chi connectivity index (χ4n) is 2.57. The van der Waals surface area contributed by atoms with E-state index in [0.717, 1.165) is 15.8 Å². The number of para-hydroxylation sites is 1. The molecule has 4 rings (SSSR count). The molecular weight excluding hydrogens is 384 g/mol. The van der Waals surface area contributed by atoms with Crippen LogP contribution in [-0.4, -0.2) is 26.6 Å². The molecule has 0 spiro atoms. The Kier molecular flexibility index (Phi) is 4.69. The number of benzene rings is 2. The van der Waals surface area contributed by atoms with Crippen molar-refractivity contribution >= 4 is 60.9 Å². The van der Waals surface area contributed by atoms with Crippen molar-refractivity contribution in [3.63, 3.8) is 0 Å². The molecule has 2 aromatic carbocycles. The number of anilines is 1. The number of hydrogen-bond acceptors (Lipinski definition) is 7. The lowest BCUT2D eigenvalue weighted by molar-refractivity contribution is -0.384. The second-order valence-corrected chi connectivity index (χ2v) is 7.64. The second-order valence-electron chi connectivity index (χ2n) is 5.60. The van der Waals surface area contributed by atoms with Gasteiger partial charge in [0, 0.05) is 28.6 Å². The number of amides is 1. The lowest BCUT2D eigenvalue weighted by Crippen LogP contribution is -2.13. The predicted molar refractivity (Wildman–Crippen MR) is 107 cm³/mol. The summed E-state index contributed by atoms with van der Waals surface area (Å²) >= 11 is 2.62. The summed E-state index contributed by atoms with van der Waals surface area (Å²) in [5.41, 5.74) is 1.49. The van der Waals surface area contributed by atoms with E-state index in [9.17, 15) is 14.9 Å². The highest BCUT2D eigenvalue weighted by Crippen LogP contribution is 2.30. The largest absolute Gasteiger partial charge is 0.301 e. The number of thiazole rings is 1. The van der Waals surface area contributed by atoms with Gasteiger partial charge in [-0.05, 0) is 18.2 Å². The Balaban J connectivity index is 1.46. The van der Waals surface area contributed by atoms with Gasteiger partial charge in [-0.1, -0.05) is 29.5 Å². The van der Waals surface area contributed by atoms with Crippen molar-refractivity contribution in [2.45, 2.75) is 4.90 Å². The number of pyridine rings is 1. The Morgan fingerprint density at radius 1 is 1.22 bits per heavy atom. The van der Waals surface area contributed by atoms with E-state index < -0.39 is 4.92 Å². The monoisotopic (exact) mass is 396 g/mol. The molecule has 9 heteroatoms. The van der Waals surface area contributed by atoms with Crippen LogP contribution in [0.15, 0.2) is 59.6 Å². The zero-order valence-corrected chi connectivity index (χ0v) is 15.4. The summed E-state index contributed by atoms with van der Waals surface area (Å²) in [4.78, 5) is 32.3. The number of aromatic nitrogens is 2. The maximum atomic E-state index is 12.3. The van der Waals surface area contributed by atoms with Gasteiger partial charge >= 0.3 is 0 Å². The van der Waals surface area contributed by atoms with Crippen LogP contribution in [0.1, 0.15) is 0 Å². The molecule has 0 saturated heterocycles. The summed E-state index contributed by atoms with van der Waals surface area (Å²) in [6.45, 7) is 0. The number of nitrogens with one attached hydrogen (secondary N) is 1. The van der Waals surface area contributed by atoms with Crippen LogP contribution in [0.3, 0.4) is 0 Å². The molecule has 7 nitrogen and oxygen atoms in total. The van der Waals surface area contributed by atoms with Crippen molar-refractivity contribution in [1.29, 1.82) is 0 Å². The average molecular weight is 396 g/mol. The van der Waals surface area contributed by atoms with Crippen LogP contribution in [0, 0.1) is 10.1 Å². The van der Waals surface area contributed by atoms with Crippen LogP contribution < -0.4 is 5.32 Å². The number of carbonyl (C=O) groups excluding carboxylic acids is 1. The minimum absolute atomic E-state index is 0.00281. The highest BCUT2D eigenvalue weighted by Gasteiger charge is 2.13. The zero-order valence-electron chi connectivity index (χ0n) is 13.8. The lowest BCUT2D eigenvalue weighted by atomic mass is 10.2. The van der Waals surface area contributed by atoms with Crippen molar-refractivity contribution < 1.29 is 9.72 Å². The third kappa shape index (κ3) is 3.74. The normalized spacial score (nSPS) is 11.0. The van der Waals surface area contributed by atoms with Gasteiger partial charge < -0.3 is 5.32 Å². The summed E-state index contributed by atoms with van der Waals surface area (Å²) in [6.07, 6.45) is 1.73. The van der Waals surface area contributed by atoms with Crippen LogP contribution in [-0.2, 0) is 4.79 Å². The predicted octanol–water partition coefficient (Wildman–Crippen LogP) is 4.48. The number of nitro groups is 1. The fraction of sp³-hybridized carbons (Fsp3) is 0.0556. The first-order chi connectivity index (χ1) is 13.1. The molecule has 0 aliphatic carbocycles. The second kappa shape index (κ2) is 7.29. The van der Waals surface area contributed by atoms with Gasteiger partial charge in [-0.3, -0.25) is 19.9 Å². The van der Waals surface area contributed by atoms with E-state index in [2.05, 4.69) is 15.3 Å². The number of thioether (sulfide) groups is 1. The topological polar surface area (TPSA) is 98.0 Å².